The first kappa shape index (κ1) is 16.7. The minimum absolute atomic E-state index is 0.0792. The van der Waals surface area contributed by atoms with Gasteiger partial charge in [-0.15, -0.1) is 11.3 Å². The van der Waals surface area contributed by atoms with Crippen molar-refractivity contribution in [2.45, 2.75) is 12.5 Å². The number of hydrogen-bond donors (Lipinski definition) is 1. The molecule has 0 saturated carbocycles. The molecular formula is C18H18FN5OS. The number of carbonyl (C=O) groups is 1. The molecular weight excluding hydrogens is 353 g/mol. The van der Waals surface area contributed by atoms with Crippen molar-refractivity contribution in [1.29, 1.82) is 0 Å². The zero-order chi connectivity index (χ0) is 18.1. The van der Waals surface area contributed by atoms with Crippen LogP contribution in [-0.4, -0.2) is 39.8 Å². The summed E-state index contributed by atoms with van der Waals surface area (Å²) >= 11 is 1.60. The van der Waals surface area contributed by atoms with E-state index in [1.165, 1.54) is 12.1 Å². The van der Waals surface area contributed by atoms with Crippen molar-refractivity contribution in [1.82, 2.24) is 20.1 Å². The summed E-state index contributed by atoms with van der Waals surface area (Å²) in [4.78, 5) is 19.2. The predicted molar refractivity (Wildman–Crippen MR) is 98.8 cm³/mol. The number of nitrogens with zero attached hydrogens (tertiary/aromatic N) is 4. The van der Waals surface area contributed by atoms with Gasteiger partial charge in [-0.1, -0.05) is 0 Å². The molecule has 8 heteroatoms. The number of aryl methyl sites for hydroxylation is 1. The van der Waals surface area contributed by atoms with E-state index in [-0.39, 0.29) is 17.8 Å². The summed E-state index contributed by atoms with van der Waals surface area (Å²) < 4.78 is 14.6. The molecule has 1 aromatic carbocycles. The van der Waals surface area contributed by atoms with E-state index in [2.05, 4.69) is 20.3 Å². The van der Waals surface area contributed by atoms with Gasteiger partial charge in [0.15, 0.2) is 5.13 Å². The third-order valence-corrected chi connectivity index (χ3v) is 5.30. The van der Waals surface area contributed by atoms with Gasteiger partial charge in [0.05, 0.1) is 5.69 Å². The molecule has 0 aliphatic carbocycles. The van der Waals surface area contributed by atoms with Crippen molar-refractivity contribution < 1.29 is 9.18 Å². The standard InChI is InChI=1S/C18H18FN5OS/c1-23-16(10-15(22-23)12-2-4-13(19)5-3-12)17(25)21-14-6-8-24(11-14)18-20-7-9-26-18/h2-5,7,9-10,14H,6,8,11H2,1H3,(H,21,25). The molecule has 1 N–H and O–H groups in total. The summed E-state index contributed by atoms with van der Waals surface area (Å²) in [7, 11) is 1.73. The fourth-order valence-corrected chi connectivity index (χ4v) is 3.80. The number of hydrogen-bond acceptors (Lipinski definition) is 5. The first-order valence-corrected chi connectivity index (χ1v) is 9.23. The van der Waals surface area contributed by atoms with Gasteiger partial charge < -0.3 is 10.2 Å². The van der Waals surface area contributed by atoms with Crippen LogP contribution in [0.25, 0.3) is 11.3 Å². The van der Waals surface area contributed by atoms with Gasteiger partial charge in [0.2, 0.25) is 0 Å². The number of aromatic nitrogens is 3. The molecule has 4 rings (SSSR count). The predicted octanol–water partition coefficient (Wildman–Crippen LogP) is 2.69. The second kappa shape index (κ2) is 6.87. The molecule has 26 heavy (non-hydrogen) atoms. The Bertz CT molecular complexity index is 906. The molecule has 3 heterocycles. The number of anilines is 1. The van der Waals surface area contributed by atoms with E-state index in [9.17, 15) is 9.18 Å². The van der Waals surface area contributed by atoms with Gasteiger partial charge >= 0.3 is 0 Å². The molecule has 1 saturated heterocycles. The summed E-state index contributed by atoms with van der Waals surface area (Å²) in [5.41, 5.74) is 1.90. The van der Waals surface area contributed by atoms with Crippen molar-refractivity contribution in [2.75, 3.05) is 18.0 Å². The molecule has 2 aromatic heterocycles. The molecule has 0 radical (unpaired) electrons. The van der Waals surface area contributed by atoms with Crippen LogP contribution in [0, 0.1) is 5.82 Å². The van der Waals surface area contributed by atoms with Gasteiger partial charge in [-0.3, -0.25) is 9.48 Å². The SMILES string of the molecule is Cn1nc(-c2ccc(F)cc2)cc1C(=O)NC1CCN(c2nccs2)C1. The highest BCUT2D eigenvalue weighted by molar-refractivity contribution is 7.13. The van der Waals surface area contributed by atoms with E-state index in [4.69, 9.17) is 0 Å². The number of amides is 1. The molecule has 1 amide bonds. The lowest BCUT2D eigenvalue weighted by atomic mass is 10.1. The third kappa shape index (κ3) is 3.32. The lowest BCUT2D eigenvalue weighted by molar-refractivity contribution is 0.0931. The Kier molecular flexibility index (Phi) is 4.42. The minimum atomic E-state index is -0.298. The van der Waals surface area contributed by atoms with E-state index >= 15 is 0 Å². The molecule has 1 unspecified atom stereocenters. The summed E-state index contributed by atoms with van der Waals surface area (Å²) in [5.74, 6) is -0.451. The highest BCUT2D eigenvalue weighted by Gasteiger charge is 2.26. The maximum Gasteiger partial charge on any atom is 0.269 e. The van der Waals surface area contributed by atoms with Crippen LogP contribution < -0.4 is 10.2 Å². The summed E-state index contributed by atoms with van der Waals surface area (Å²) in [6.45, 7) is 1.63. The third-order valence-electron chi connectivity index (χ3n) is 4.47. The maximum absolute atomic E-state index is 13.1. The van der Waals surface area contributed by atoms with Crippen LogP contribution in [0.3, 0.4) is 0 Å². The Morgan fingerprint density at radius 2 is 2.15 bits per heavy atom. The molecule has 0 spiro atoms. The fraction of sp³-hybridized carbons (Fsp3) is 0.278. The normalized spacial score (nSPS) is 16.8. The van der Waals surface area contributed by atoms with Gasteiger partial charge in [-0.05, 0) is 36.8 Å². The van der Waals surface area contributed by atoms with Crippen molar-refractivity contribution >= 4 is 22.4 Å². The average Bonchev–Trinajstić information content (AvgIpc) is 3.35. The second-order valence-electron chi connectivity index (χ2n) is 6.27. The molecule has 134 valence electrons. The lowest BCUT2D eigenvalue weighted by Gasteiger charge is -2.15. The first-order chi connectivity index (χ1) is 12.6. The molecule has 1 aliphatic heterocycles. The molecule has 6 nitrogen and oxygen atoms in total. The van der Waals surface area contributed by atoms with Crippen molar-refractivity contribution in [3.63, 3.8) is 0 Å². The monoisotopic (exact) mass is 371 g/mol. The van der Waals surface area contributed by atoms with E-state index in [1.54, 1.807) is 47.5 Å². The van der Waals surface area contributed by atoms with E-state index in [0.717, 1.165) is 30.2 Å². The number of carbonyl (C=O) groups excluding carboxylic acids is 1. The molecule has 0 bridgehead atoms. The Hall–Kier alpha value is -2.74. The Labute approximate surface area is 154 Å². The Morgan fingerprint density at radius 1 is 1.35 bits per heavy atom. The van der Waals surface area contributed by atoms with Crippen LogP contribution in [-0.2, 0) is 7.05 Å². The quantitative estimate of drug-likeness (QED) is 0.766. The van der Waals surface area contributed by atoms with Gasteiger partial charge in [0, 0.05) is 43.3 Å². The Morgan fingerprint density at radius 3 is 2.88 bits per heavy atom. The van der Waals surface area contributed by atoms with Crippen LogP contribution in [0.15, 0.2) is 41.9 Å². The summed E-state index contributed by atoms with van der Waals surface area (Å²) in [6.07, 6.45) is 2.67. The van der Waals surface area contributed by atoms with Crippen LogP contribution in [0.5, 0.6) is 0 Å². The zero-order valence-corrected chi connectivity index (χ0v) is 15.0. The lowest BCUT2D eigenvalue weighted by Crippen LogP contribution is -2.37. The number of benzene rings is 1. The largest absolute Gasteiger partial charge is 0.346 e. The number of nitrogens with one attached hydrogen (secondary N) is 1. The van der Waals surface area contributed by atoms with E-state index in [1.807, 2.05) is 5.38 Å². The number of thiazole rings is 1. The number of rotatable bonds is 4. The second-order valence-corrected chi connectivity index (χ2v) is 7.14. The van der Waals surface area contributed by atoms with Crippen molar-refractivity contribution in [3.05, 3.63) is 53.4 Å². The van der Waals surface area contributed by atoms with Gasteiger partial charge in [-0.25, -0.2) is 9.37 Å². The topological polar surface area (TPSA) is 63.1 Å². The first-order valence-electron chi connectivity index (χ1n) is 8.35. The van der Waals surface area contributed by atoms with Crippen molar-refractivity contribution in [2.24, 2.45) is 7.05 Å². The summed E-state index contributed by atoms with van der Waals surface area (Å²) in [6, 6.07) is 7.89. The highest BCUT2D eigenvalue weighted by atomic mass is 32.1. The molecule has 1 atom stereocenters. The van der Waals surface area contributed by atoms with Crippen LogP contribution >= 0.6 is 11.3 Å². The van der Waals surface area contributed by atoms with Crippen LogP contribution in [0.4, 0.5) is 9.52 Å². The highest BCUT2D eigenvalue weighted by Crippen LogP contribution is 2.23. The maximum atomic E-state index is 13.1. The van der Waals surface area contributed by atoms with Gasteiger partial charge in [-0.2, -0.15) is 5.10 Å². The van der Waals surface area contributed by atoms with Gasteiger partial charge in [0.25, 0.3) is 5.91 Å². The van der Waals surface area contributed by atoms with E-state index in [0.29, 0.717) is 11.4 Å². The number of halogens is 1. The average molecular weight is 371 g/mol. The van der Waals surface area contributed by atoms with Crippen LogP contribution in [0.2, 0.25) is 0 Å². The van der Waals surface area contributed by atoms with Crippen molar-refractivity contribution in [3.8, 4) is 11.3 Å². The van der Waals surface area contributed by atoms with Gasteiger partial charge in [0.1, 0.15) is 11.5 Å². The van der Waals surface area contributed by atoms with E-state index < -0.39 is 0 Å². The Balaban J connectivity index is 1.44. The smallest absolute Gasteiger partial charge is 0.269 e. The van der Waals surface area contributed by atoms with Crippen LogP contribution in [0.1, 0.15) is 16.9 Å². The molecule has 1 fully saturated rings. The minimum Gasteiger partial charge on any atom is -0.346 e. The fourth-order valence-electron chi connectivity index (χ4n) is 3.12. The summed E-state index contributed by atoms with van der Waals surface area (Å²) in [5, 5.41) is 10.4. The molecule has 1 aliphatic rings. The zero-order valence-electron chi connectivity index (χ0n) is 14.2. The molecule has 3 aromatic rings.